The van der Waals surface area contributed by atoms with Gasteiger partial charge in [-0.1, -0.05) is 18.2 Å². The summed E-state index contributed by atoms with van der Waals surface area (Å²) < 4.78 is 10.4. The number of aliphatic carboxylic acids is 1. The highest BCUT2D eigenvalue weighted by molar-refractivity contribution is 6.44. The molecule has 0 saturated carbocycles. The number of anilines is 2. The van der Waals surface area contributed by atoms with Gasteiger partial charge in [0.25, 0.3) is 17.6 Å². The Bertz CT molecular complexity index is 1370. The van der Waals surface area contributed by atoms with E-state index < -0.39 is 60.4 Å². The summed E-state index contributed by atoms with van der Waals surface area (Å²) in [7, 11) is 2.60. The lowest BCUT2D eigenvalue weighted by molar-refractivity contribution is -0.139. The van der Waals surface area contributed by atoms with Crippen molar-refractivity contribution in [2.75, 3.05) is 37.1 Å². The molecule has 216 valence electrons. The molecule has 1 heterocycles. The summed E-state index contributed by atoms with van der Waals surface area (Å²) >= 11 is 0. The molecular formula is C27H28N4O10. The molecule has 14 heteroatoms. The molecule has 1 aliphatic heterocycles. The number of para-hydroxylation sites is 2. The average molecular weight is 569 g/mol. The number of nitrogens with one attached hydrogen (secondary N) is 2. The van der Waals surface area contributed by atoms with Crippen molar-refractivity contribution in [1.29, 1.82) is 0 Å². The van der Waals surface area contributed by atoms with Crippen molar-refractivity contribution in [3.8, 4) is 11.5 Å². The predicted octanol–water partition coefficient (Wildman–Crippen LogP) is -0.0706. The number of rotatable bonds is 11. The van der Waals surface area contributed by atoms with Crippen LogP contribution in [0.4, 0.5) is 11.4 Å². The number of carboxylic acids is 1. The van der Waals surface area contributed by atoms with Gasteiger partial charge < -0.3 is 34.9 Å². The lowest BCUT2D eigenvalue weighted by Crippen LogP contribution is -2.55. The van der Waals surface area contributed by atoms with Crippen LogP contribution in [0.25, 0.3) is 0 Å². The van der Waals surface area contributed by atoms with E-state index in [0.717, 1.165) is 4.90 Å². The van der Waals surface area contributed by atoms with Crippen molar-refractivity contribution < 1.29 is 48.1 Å². The molecule has 14 nitrogen and oxygen atoms in total. The Morgan fingerprint density at radius 2 is 1.63 bits per heavy atom. The summed E-state index contributed by atoms with van der Waals surface area (Å²) in [5.41, 5.74) is 0.198. The fraction of sp³-hybridized carbons (Fsp3) is 0.296. The summed E-state index contributed by atoms with van der Waals surface area (Å²) in [6.07, 6.45) is -0.423. The van der Waals surface area contributed by atoms with E-state index in [-0.39, 0.29) is 41.3 Å². The molecule has 0 aliphatic carbocycles. The van der Waals surface area contributed by atoms with Gasteiger partial charge in [0.15, 0.2) is 0 Å². The first-order valence-corrected chi connectivity index (χ1v) is 12.2. The molecule has 0 aromatic heterocycles. The van der Waals surface area contributed by atoms with Crippen molar-refractivity contribution in [1.82, 2.24) is 10.6 Å². The van der Waals surface area contributed by atoms with Gasteiger partial charge in [-0.25, -0.2) is 0 Å². The largest absolute Gasteiger partial charge is 0.496 e. The minimum atomic E-state index is -1.49. The second-order valence-electron chi connectivity index (χ2n) is 8.84. The van der Waals surface area contributed by atoms with E-state index >= 15 is 0 Å². The number of carbonyl (C=O) groups is 7. The zero-order valence-electron chi connectivity index (χ0n) is 22.4. The van der Waals surface area contributed by atoms with Crippen LogP contribution in [-0.4, -0.2) is 86.2 Å². The van der Waals surface area contributed by atoms with E-state index in [1.165, 1.54) is 50.3 Å². The molecule has 3 rings (SSSR count). The van der Waals surface area contributed by atoms with Gasteiger partial charge in [-0.2, -0.15) is 0 Å². The van der Waals surface area contributed by atoms with Crippen molar-refractivity contribution >= 4 is 53.0 Å². The van der Waals surface area contributed by atoms with E-state index in [1.54, 1.807) is 18.2 Å². The molecule has 2 aromatic rings. The highest BCUT2D eigenvalue weighted by Gasteiger charge is 2.38. The highest BCUT2D eigenvalue weighted by atomic mass is 16.5. The maximum atomic E-state index is 13.8. The highest BCUT2D eigenvalue weighted by Crippen LogP contribution is 2.33. The number of carbonyl (C=O) groups excluding carboxylic acids is 6. The Morgan fingerprint density at radius 1 is 1.02 bits per heavy atom. The minimum absolute atomic E-state index is 0.0545. The van der Waals surface area contributed by atoms with Crippen LogP contribution < -0.4 is 29.9 Å². The topological polar surface area (TPSA) is 189 Å². The van der Waals surface area contributed by atoms with Crippen molar-refractivity contribution in [2.24, 2.45) is 0 Å². The number of amides is 4. The number of benzene rings is 2. The van der Waals surface area contributed by atoms with Crippen LogP contribution in [0, 0.1) is 0 Å². The van der Waals surface area contributed by atoms with Gasteiger partial charge in [-0.3, -0.25) is 33.7 Å². The normalized spacial score (nSPS) is 15.1. The number of hydrogen-bond donors (Lipinski definition) is 3. The summed E-state index contributed by atoms with van der Waals surface area (Å²) in [5, 5.41) is 13.6. The van der Waals surface area contributed by atoms with E-state index in [4.69, 9.17) is 14.6 Å². The summed E-state index contributed by atoms with van der Waals surface area (Å²) in [6.45, 7) is 0.182. The zero-order chi connectivity index (χ0) is 30.3. The first-order chi connectivity index (χ1) is 19.5. The van der Waals surface area contributed by atoms with Crippen LogP contribution in [0.3, 0.4) is 0 Å². The number of ether oxygens (including phenoxy) is 2. The van der Waals surface area contributed by atoms with Gasteiger partial charge in [0.05, 0.1) is 44.6 Å². The molecule has 2 aromatic carbocycles. The zero-order valence-corrected chi connectivity index (χ0v) is 22.4. The number of carboxylic acid groups (broad SMARTS) is 1. The number of nitrogens with zero attached hydrogens (tertiary/aromatic N) is 2. The first kappa shape index (κ1) is 30.3. The van der Waals surface area contributed by atoms with E-state index in [9.17, 15) is 33.6 Å². The molecule has 0 unspecified atom stereocenters. The molecule has 41 heavy (non-hydrogen) atoms. The summed E-state index contributed by atoms with van der Waals surface area (Å²) in [5.74, 6) is -5.70. The van der Waals surface area contributed by atoms with Crippen LogP contribution in [0.2, 0.25) is 0 Å². The van der Waals surface area contributed by atoms with Crippen LogP contribution >= 0.6 is 0 Å². The number of fused-ring (bicyclic) bond motifs is 1. The number of methoxy groups -OCH3 is 2. The number of ketones is 1. The Labute approximate surface area is 234 Å². The van der Waals surface area contributed by atoms with Gasteiger partial charge in [0.1, 0.15) is 35.9 Å². The van der Waals surface area contributed by atoms with E-state index in [1.807, 2.05) is 0 Å². The molecule has 4 amide bonds. The summed E-state index contributed by atoms with van der Waals surface area (Å²) in [4.78, 5) is 89.9. The fourth-order valence-electron chi connectivity index (χ4n) is 4.28. The molecule has 2 atom stereocenters. The van der Waals surface area contributed by atoms with Gasteiger partial charge in [0.2, 0.25) is 11.8 Å². The molecule has 0 radical (unpaired) electrons. The maximum absolute atomic E-state index is 13.8. The molecule has 1 aliphatic rings. The lowest BCUT2D eigenvalue weighted by atomic mass is 10.1. The fourth-order valence-corrected chi connectivity index (χ4v) is 4.28. The van der Waals surface area contributed by atoms with Crippen LogP contribution in [0.15, 0.2) is 42.5 Å². The number of aldehydes is 1. The Hall–Kier alpha value is -5.27. The lowest BCUT2D eigenvalue weighted by Gasteiger charge is -2.25. The second kappa shape index (κ2) is 13.2. The molecule has 0 spiro atoms. The summed E-state index contributed by atoms with van der Waals surface area (Å²) in [6, 6.07) is 7.77. The monoisotopic (exact) mass is 568 g/mol. The maximum Gasteiger partial charge on any atom is 0.305 e. The number of hydrogen-bond acceptors (Lipinski definition) is 9. The number of Topliss-reactive ketones (excluding diaryl/α,β-unsaturated/α-hetero) is 1. The van der Waals surface area contributed by atoms with Crippen LogP contribution in [-0.2, 0) is 28.8 Å². The van der Waals surface area contributed by atoms with E-state index in [2.05, 4.69) is 10.6 Å². The molecule has 0 fully saturated rings. The Morgan fingerprint density at radius 3 is 2.17 bits per heavy atom. The third kappa shape index (κ3) is 6.84. The molecule has 0 bridgehead atoms. The van der Waals surface area contributed by atoms with Gasteiger partial charge in [0, 0.05) is 6.92 Å². The third-order valence-electron chi connectivity index (χ3n) is 6.15. The van der Waals surface area contributed by atoms with Gasteiger partial charge >= 0.3 is 5.97 Å². The molecule has 0 saturated heterocycles. The Kier molecular flexibility index (Phi) is 9.74. The SMILES string of the molecule is COc1cccc(OC)c1C(=O)C(=O)N[C@H]1CN(C(C)=O)c2ccccc2N(CC(=O)N[C@H](C=O)CC(=O)O)C1=O. The van der Waals surface area contributed by atoms with Gasteiger partial charge in [-0.15, -0.1) is 0 Å². The first-order valence-electron chi connectivity index (χ1n) is 12.2. The van der Waals surface area contributed by atoms with Crippen LogP contribution in [0.1, 0.15) is 23.7 Å². The van der Waals surface area contributed by atoms with Crippen molar-refractivity contribution in [3.63, 3.8) is 0 Å². The predicted molar refractivity (Wildman–Crippen MR) is 143 cm³/mol. The quantitative estimate of drug-likeness (QED) is 0.188. The van der Waals surface area contributed by atoms with Gasteiger partial charge in [-0.05, 0) is 24.3 Å². The van der Waals surface area contributed by atoms with Crippen LogP contribution in [0.5, 0.6) is 11.5 Å². The van der Waals surface area contributed by atoms with E-state index in [0.29, 0.717) is 0 Å². The average Bonchev–Trinajstić information content (AvgIpc) is 3.06. The molecule has 3 N–H and O–H groups in total. The third-order valence-corrected chi connectivity index (χ3v) is 6.15. The molecular weight excluding hydrogens is 540 g/mol. The smallest absolute Gasteiger partial charge is 0.305 e. The van der Waals surface area contributed by atoms with Crippen molar-refractivity contribution in [2.45, 2.75) is 25.4 Å². The Balaban J connectivity index is 1.97. The van der Waals surface area contributed by atoms with Crippen molar-refractivity contribution in [3.05, 3.63) is 48.0 Å². The minimum Gasteiger partial charge on any atom is -0.496 e. The second-order valence-corrected chi connectivity index (χ2v) is 8.84. The standard InChI is InChI=1S/C27H28N4O10/c1-15(33)30-12-17(29-26(38)25(37)24-20(40-2)9-6-10-21(24)41-3)27(39)31(19-8-5-4-7-18(19)30)13-22(34)28-16(14-32)11-23(35)36/h4-10,14,16-17H,11-13H2,1-3H3,(H,28,34)(H,29,38)(H,35,36)/t16-,17-/m0/s1.